The van der Waals surface area contributed by atoms with Crippen LogP contribution in [0.4, 0.5) is 5.95 Å². The van der Waals surface area contributed by atoms with Crippen molar-refractivity contribution in [3.05, 3.63) is 87.2 Å². The first-order valence-corrected chi connectivity index (χ1v) is 12.2. The van der Waals surface area contributed by atoms with Gasteiger partial charge in [0.15, 0.2) is 0 Å². The van der Waals surface area contributed by atoms with E-state index in [2.05, 4.69) is 10.3 Å². The fourth-order valence-electron chi connectivity index (χ4n) is 3.40. The number of nitrogens with one attached hydrogen (secondary N) is 1. The molecule has 0 saturated heterocycles. The van der Waals surface area contributed by atoms with E-state index in [-0.39, 0.29) is 24.4 Å². The van der Waals surface area contributed by atoms with Gasteiger partial charge in [0.1, 0.15) is 6.54 Å². The van der Waals surface area contributed by atoms with Crippen LogP contribution in [-0.4, -0.2) is 38.9 Å². The van der Waals surface area contributed by atoms with Gasteiger partial charge in [-0.1, -0.05) is 47.5 Å². The van der Waals surface area contributed by atoms with Gasteiger partial charge in [-0.3, -0.25) is 19.5 Å². The molecule has 4 rings (SSSR count). The van der Waals surface area contributed by atoms with Crippen LogP contribution in [-0.2, 0) is 4.79 Å². The minimum Gasteiger partial charge on any atom is -0.326 e. The zero-order chi connectivity index (χ0) is 24.2. The smallest absolute Gasteiger partial charge is 0.264 e. The van der Waals surface area contributed by atoms with Crippen LogP contribution in [0.1, 0.15) is 23.5 Å². The van der Waals surface area contributed by atoms with Crippen LogP contribution < -0.4 is 5.32 Å². The monoisotopic (exact) mass is 512 g/mol. The average Bonchev–Trinajstić information content (AvgIpc) is 3.48. The Labute approximate surface area is 211 Å². The van der Waals surface area contributed by atoms with Crippen LogP contribution in [0.15, 0.2) is 72.2 Å². The average molecular weight is 513 g/mol. The molecule has 0 aliphatic carbocycles. The number of amides is 2. The number of hydrogen-bond donors (Lipinski definition) is 1. The summed E-state index contributed by atoms with van der Waals surface area (Å²) in [5.74, 6) is -0.208. The number of imidazole rings is 1. The number of nitrogens with zero attached hydrogens (tertiary/aromatic N) is 3. The van der Waals surface area contributed by atoms with E-state index >= 15 is 0 Å². The molecule has 2 heterocycles. The first kappa shape index (κ1) is 24.0. The fraction of sp³-hybridized carbons (Fsp3) is 0.160. The molecule has 0 aliphatic rings. The molecule has 174 valence electrons. The minimum absolute atomic E-state index is 0.104. The van der Waals surface area contributed by atoms with Gasteiger partial charge in [-0.25, -0.2) is 4.98 Å². The summed E-state index contributed by atoms with van der Waals surface area (Å²) in [4.78, 5) is 32.7. The van der Waals surface area contributed by atoms with Crippen LogP contribution in [0, 0.1) is 0 Å². The summed E-state index contributed by atoms with van der Waals surface area (Å²) in [6.45, 7) is 3.65. The Balaban J connectivity index is 1.63. The summed E-state index contributed by atoms with van der Waals surface area (Å²) in [5.41, 5.74) is 2.24. The van der Waals surface area contributed by atoms with Crippen molar-refractivity contribution in [2.45, 2.75) is 19.9 Å². The van der Waals surface area contributed by atoms with Gasteiger partial charge in [0, 0.05) is 33.5 Å². The largest absolute Gasteiger partial charge is 0.326 e. The molecule has 0 radical (unpaired) electrons. The van der Waals surface area contributed by atoms with E-state index in [9.17, 15) is 9.59 Å². The molecular weight excluding hydrogens is 491 g/mol. The third-order valence-corrected chi connectivity index (χ3v) is 6.46. The molecular formula is C25H22Cl2N4O2S. The van der Waals surface area contributed by atoms with Gasteiger partial charge in [0.25, 0.3) is 5.91 Å². The third-order valence-electron chi connectivity index (χ3n) is 5.11. The van der Waals surface area contributed by atoms with Crippen molar-refractivity contribution in [2.24, 2.45) is 0 Å². The lowest BCUT2D eigenvalue weighted by atomic mass is 10.2. The lowest BCUT2D eigenvalue weighted by Gasteiger charge is -2.25. The lowest BCUT2D eigenvalue weighted by Crippen LogP contribution is -2.42. The molecule has 1 N–H and O–H groups in total. The van der Waals surface area contributed by atoms with E-state index in [1.165, 1.54) is 16.2 Å². The predicted molar refractivity (Wildman–Crippen MR) is 138 cm³/mol. The Hall–Kier alpha value is -3.13. The number of carbonyl (C=O) groups excluding carboxylic acids is 2. The molecule has 0 aliphatic heterocycles. The van der Waals surface area contributed by atoms with E-state index in [0.29, 0.717) is 26.6 Å². The maximum absolute atomic E-state index is 13.0. The summed E-state index contributed by atoms with van der Waals surface area (Å²) in [5, 5.41) is 5.89. The highest BCUT2D eigenvalue weighted by Crippen LogP contribution is 2.27. The molecule has 0 bridgehead atoms. The van der Waals surface area contributed by atoms with E-state index in [4.69, 9.17) is 23.2 Å². The number of halogens is 2. The molecule has 0 fully saturated rings. The fourth-order valence-corrected chi connectivity index (χ4v) is 4.39. The normalized spacial score (nSPS) is 11.0. The van der Waals surface area contributed by atoms with Crippen molar-refractivity contribution in [3.8, 4) is 16.9 Å². The van der Waals surface area contributed by atoms with Crippen molar-refractivity contribution in [3.63, 3.8) is 0 Å². The Bertz CT molecular complexity index is 1300. The van der Waals surface area contributed by atoms with Crippen LogP contribution in [0.25, 0.3) is 16.9 Å². The highest BCUT2D eigenvalue weighted by molar-refractivity contribution is 7.12. The molecule has 0 spiro atoms. The SMILES string of the molecule is CC(C)N(CC(=O)Nc1nc(-c2ccc(Cl)cc2)cn1-c1cccc(Cl)c1)C(=O)c1cccs1. The number of benzene rings is 2. The topological polar surface area (TPSA) is 67.2 Å². The summed E-state index contributed by atoms with van der Waals surface area (Å²) in [7, 11) is 0. The second kappa shape index (κ2) is 10.4. The van der Waals surface area contributed by atoms with Crippen LogP contribution in [0.5, 0.6) is 0 Å². The van der Waals surface area contributed by atoms with Gasteiger partial charge in [0.2, 0.25) is 11.9 Å². The molecule has 0 unspecified atom stereocenters. The van der Waals surface area contributed by atoms with E-state index in [1.807, 2.05) is 55.8 Å². The molecule has 2 aromatic heterocycles. The van der Waals surface area contributed by atoms with E-state index in [1.54, 1.807) is 34.9 Å². The number of thiophene rings is 1. The zero-order valence-electron chi connectivity index (χ0n) is 18.5. The van der Waals surface area contributed by atoms with Crippen molar-refractivity contribution in [1.29, 1.82) is 0 Å². The first-order chi connectivity index (χ1) is 16.3. The Morgan fingerprint density at radius 3 is 2.47 bits per heavy atom. The number of hydrogen-bond acceptors (Lipinski definition) is 4. The molecule has 4 aromatic rings. The highest BCUT2D eigenvalue weighted by atomic mass is 35.5. The predicted octanol–water partition coefficient (Wildman–Crippen LogP) is 6.40. The Morgan fingerprint density at radius 2 is 1.82 bits per heavy atom. The van der Waals surface area contributed by atoms with E-state index < -0.39 is 0 Å². The van der Waals surface area contributed by atoms with Gasteiger partial charge in [-0.2, -0.15) is 0 Å². The van der Waals surface area contributed by atoms with Gasteiger partial charge >= 0.3 is 0 Å². The Morgan fingerprint density at radius 1 is 1.06 bits per heavy atom. The van der Waals surface area contributed by atoms with Gasteiger partial charge in [-0.15, -0.1) is 11.3 Å². The Kier molecular flexibility index (Phi) is 7.36. The quantitative estimate of drug-likeness (QED) is 0.311. The molecule has 9 heteroatoms. The second-order valence-corrected chi connectivity index (χ2v) is 9.68. The zero-order valence-corrected chi connectivity index (χ0v) is 20.9. The number of rotatable bonds is 7. The maximum atomic E-state index is 13.0. The van der Waals surface area contributed by atoms with Crippen molar-refractivity contribution in [1.82, 2.24) is 14.5 Å². The summed E-state index contributed by atoms with van der Waals surface area (Å²) < 4.78 is 1.76. The van der Waals surface area contributed by atoms with E-state index in [0.717, 1.165) is 11.3 Å². The third kappa shape index (κ3) is 5.50. The lowest BCUT2D eigenvalue weighted by molar-refractivity contribution is -0.117. The molecule has 6 nitrogen and oxygen atoms in total. The maximum Gasteiger partial charge on any atom is 0.264 e. The summed E-state index contributed by atoms with van der Waals surface area (Å²) in [6.07, 6.45) is 1.82. The number of aromatic nitrogens is 2. The number of anilines is 1. The molecule has 0 atom stereocenters. The standard InChI is InChI=1S/C25H22Cl2N4O2S/c1-16(2)30(24(33)22-7-4-12-34-22)15-23(32)29-25-28-21(17-8-10-18(26)11-9-17)14-31(25)20-6-3-5-19(27)13-20/h3-14,16H,15H2,1-2H3,(H,28,29,32). The molecule has 2 aromatic carbocycles. The summed E-state index contributed by atoms with van der Waals surface area (Å²) in [6, 6.07) is 18.0. The molecule has 2 amide bonds. The van der Waals surface area contributed by atoms with Gasteiger partial charge in [0.05, 0.1) is 10.6 Å². The van der Waals surface area contributed by atoms with Crippen molar-refractivity contribution in [2.75, 3.05) is 11.9 Å². The first-order valence-electron chi connectivity index (χ1n) is 10.6. The summed E-state index contributed by atoms with van der Waals surface area (Å²) >= 11 is 13.6. The van der Waals surface area contributed by atoms with Crippen molar-refractivity contribution >= 4 is 52.3 Å². The second-order valence-electron chi connectivity index (χ2n) is 7.86. The van der Waals surface area contributed by atoms with Gasteiger partial charge in [-0.05, 0) is 55.6 Å². The number of carbonyl (C=O) groups is 2. The van der Waals surface area contributed by atoms with Crippen LogP contribution in [0.2, 0.25) is 10.0 Å². The minimum atomic E-state index is -0.352. The van der Waals surface area contributed by atoms with Crippen LogP contribution >= 0.6 is 34.5 Å². The molecule has 0 saturated carbocycles. The van der Waals surface area contributed by atoms with Crippen molar-refractivity contribution < 1.29 is 9.59 Å². The van der Waals surface area contributed by atoms with Crippen LogP contribution in [0.3, 0.4) is 0 Å². The van der Waals surface area contributed by atoms with Gasteiger partial charge < -0.3 is 4.90 Å². The molecule has 34 heavy (non-hydrogen) atoms. The highest BCUT2D eigenvalue weighted by Gasteiger charge is 2.23.